The molecule has 20 heavy (non-hydrogen) atoms. The lowest BCUT2D eigenvalue weighted by Crippen LogP contribution is -2.54. The zero-order chi connectivity index (χ0) is 14.5. The van der Waals surface area contributed by atoms with Crippen molar-refractivity contribution >= 4 is 0 Å². The number of aliphatic hydroxyl groups is 2. The summed E-state index contributed by atoms with van der Waals surface area (Å²) in [5, 5.41) is 19.8. The van der Waals surface area contributed by atoms with Gasteiger partial charge in [0.1, 0.15) is 0 Å². The Labute approximate surface area is 124 Å². The molecule has 3 fully saturated rings. The highest BCUT2D eigenvalue weighted by atomic mass is 16.3. The van der Waals surface area contributed by atoms with Gasteiger partial charge in [-0.3, -0.25) is 0 Å². The van der Waals surface area contributed by atoms with E-state index in [2.05, 4.69) is 20.8 Å². The van der Waals surface area contributed by atoms with Crippen molar-refractivity contribution in [3.8, 4) is 0 Å². The lowest BCUT2D eigenvalue weighted by Gasteiger charge is -2.60. The average Bonchev–Trinajstić information content (AvgIpc) is 2.43. The van der Waals surface area contributed by atoms with Crippen LogP contribution in [0.1, 0.15) is 65.7 Å². The Morgan fingerprint density at radius 3 is 2.50 bits per heavy atom. The molecule has 116 valence electrons. The van der Waals surface area contributed by atoms with Crippen LogP contribution in [0.4, 0.5) is 0 Å². The Morgan fingerprint density at radius 2 is 1.80 bits per heavy atom. The van der Waals surface area contributed by atoms with Gasteiger partial charge in [-0.1, -0.05) is 20.8 Å². The third-order valence-corrected chi connectivity index (χ3v) is 7.85. The Morgan fingerprint density at radius 1 is 1.05 bits per heavy atom. The lowest BCUT2D eigenvalue weighted by molar-refractivity contribution is -0.131. The first-order chi connectivity index (χ1) is 9.40. The Balaban J connectivity index is 1.84. The van der Waals surface area contributed by atoms with E-state index >= 15 is 0 Å². The minimum absolute atomic E-state index is 0.0478. The van der Waals surface area contributed by atoms with E-state index in [-0.39, 0.29) is 11.5 Å². The molecule has 0 saturated heterocycles. The molecule has 0 radical (unpaired) electrons. The molecule has 0 aromatic heterocycles. The van der Waals surface area contributed by atoms with E-state index < -0.39 is 0 Å². The molecular formula is C18H32O2. The first kappa shape index (κ1) is 14.8. The second kappa shape index (κ2) is 4.98. The molecule has 2 nitrogen and oxygen atoms in total. The number of hydrogen-bond donors (Lipinski definition) is 2. The van der Waals surface area contributed by atoms with Crippen LogP contribution in [0.5, 0.6) is 0 Å². The Kier molecular flexibility index (Phi) is 3.70. The van der Waals surface area contributed by atoms with Crippen LogP contribution in [0.15, 0.2) is 0 Å². The standard InChI is InChI=1S/C18H32O2/c1-12-15-5-4-13-10-14(20)6-9-18(13,3)16(15)7-8-17(12,2)11-19/h12-16,19-20H,4-11H2,1-3H3/t12-,13+,14+,15-,16-,17+,18-/m0/s1. The largest absolute Gasteiger partial charge is 0.396 e. The Bertz CT molecular complexity index is 368. The van der Waals surface area contributed by atoms with Gasteiger partial charge >= 0.3 is 0 Å². The van der Waals surface area contributed by atoms with E-state index in [9.17, 15) is 10.2 Å². The van der Waals surface area contributed by atoms with Gasteiger partial charge in [0, 0.05) is 6.61 Å². The Hall–Kier alpha value is -0.0800. The summed E-state index contributed by atoms with van der Waals surface area (Å²) in [6.07, 6.45) is 8.27. The van der Waals surface area contributed by atoms with E-state index in [0.717, 1.165) is 30.6 Å². The van der Waals surface area contributed by atoms with Crippen LogP contribution in [-0.4, -0.2) is 22.9 Å². The van der Waals surface area contributed by atoms with Gasteiger partial charge in [-0.25, -0.2) is 0 Å². The van der Waals surface area contributed by atoms with Crippen LogP contribution in [0.2, 0.25) is 0 Å². The topological polar surface area (TPSA) is 40.5 Å². The molecular weight excluding hydrogens is 248 g/mol. The van der Waals surface area contributed by atoms with E-state index in [1.807, 2.05) is 0 Å². The maximum Gasteiger partial charge on any atom is 0.0543 e. The molecule has 3 aliphatic carbocycles. The maximum atomic E-state index is 10.00. The van der Waals surface area contributed by atoms with Crippen LogP contribution in [0, 0.1) is 34.5 Å². The maximum absolute atomic E-state index is 10.00. The first-order valence-electron chi connectivity index (χ1n) is 8.69. The summed E-state index contributed by atoms with van der Waals surface area (Å²) in [7, 11) is 0. The summed E-state index contributed by atoms with van der Waals surface area (Å²) < 4.78 is 0. The predicted molar refractivity (Wildman–Crippen MR) is 81.3 cm³/mol. The predicted octanol–water partition coefficient (Wildman–Crippen LogP) is 3.61. The van der Waals surface area contributed by atoms with Crippen molar-refractivity contribution in [1.29, 1.82) is 0 Å². The molecule has 2 heteroatoms. The number of aliphatic hydroxyl groups excluding tert-OH is 2. The lowest BCUT2D eigenvalue weighted by atomic mass is 9.45. The molecule has 0 spiro atoms. The molecule has 3 rings (SSSR count). The minimum atomic E-state index is -0.0478. The summed E-state index contributed by atoms with van der Waals surface area (Å²) >= 11 is 0. The molecule has 3 aliphatic rings. The fourth-order valence-electron chi connectivity index (χ4n) is 6.01. The zero-order valence-electron chi connectivity index (χ0n) is 13.4. The van der Waals surface area contributed by atoms with Crippen molar-refractivity contribution in [2.24, 2.45) is 34.5 Å². The number of hydrogen-bond acceptors (Lipinski definition) is 2. The van der Waals surface area contributed by atoms with Crippen molar-refractivity contribution in [2.75, 3.05) is 6.61 Å². The molecule has 0 aliphatic heterocycles. The summed E-state index contributed by atoms with van der Waals surface area (Å²) in [6.45, 7) is 7.52. The highest BCUT2D eigenvalue weighted by molar-refractivity contribution is 5.05. The number of fused-ring (bicyclic) bond motifs is 3. The molecule has 0 unspecified atom stereocenters. The van der Waals surface area contributed by atoms with E-state index in [0.29, 0.717) is 17.9 Å². The van der Waals surface area contributed by atoms with Gasteiger partial charge in [-0.15, -0.1) is 0 Å². The van der Waals surface area contributed by atoms with Crippen LogP contribution in [0.3, 0.4) is 0 Å². The molecule has 0 bridgehead atoms. The first-order valence-corrected chi connectivity index (χ1v) is 8.69. The quantitative estimate of drug-likeness (QED) is 0.770. The molecule has 2 N–H and O–H groups in total. The third-order valence-electron chi connectivity index (χ3n) is 7.85. The van der Waals surface area contributed by atoms with Crippen LogP contribution >= 0.6 is 0 Å². The number of rotatable bonds is 1. The van der Waals surface area contributed by atoms with Gasteiger partial charge in [0.05, 0.1) is 6.10 Å². The summed E-state index contributed by atoms with van der Waals surface area (Å²) in [5.41, 5.74) is 0.589. The molecule has 0 amide bonds. The fraction of sp³-hybridized carbons (Fsp3) is 1.00. The molecule has 3 saturated carbocycles. The SMILES string of the molecule is C[C@H]1[C@@H]2CC[C@@H]3C[C@H](O)CC[C@]3(C)[C@H]2CC[C@]1(C)CO. The van der Waals surface area contributed by atoms with Crippen molar-refractivity contribution < 1.29 is 10.2 Å². The third kappa shape index (κ3) is 2.06. The highest BCUT2D eigenvalue weighted by Crippen LogP contribution is 2.62. The van der Waals surface area contributed by atoms with E-state index in [4.69, 9.17) is 0 Å². The van der Waals surface area contributed by atoms with Gasteiger partial charge in [0.15, 0.2) is 0 Å². The molecule has 7 atom stereocenters. The fourth-order valence-corrected chi connectivity index (χ4v) is 6.01. The second-order valence-corrected chi connectivity index (χ2v) is 8.62. The van der Waals surface area contributed by atoms with Gasteiger partial charge in [0.2, 0.25) is 0 Å². The average molecular weight is 280 g/mol. The van der Waals surface area contributed by atoms with Gasteiger partial charge in [-0.05, 0) is 79.4 Å². The van der Waals surface area contributed by atoms with Gasteiger partial charge in [0.25, 0.3) is 0 Å². The van der Waals surface area contributed by atoms with Crippen molar-refractivity contribution in [2.45, 2.75) is 71.8 Å². The zero-order valence-corrected chi connectivity index (χ0v) is 13.4. The summed E-state index contributed by atoms with van der Waals surface area (Å²) in [6, 6.07) is 0. The molecule has 0 aromatic carbocycles. The van der Waals surface area contributed by atoms with Crippen LogP contribution in [0.25, 0.3) is 0 Å². The van der Waals surface area contributed by atoms with Crippen molar-refractivity contribution in [3.05, 3.63) is 0 Å². The second-order valence-electron chi connectivity index (χ2n) is 8.62. The van der Waals surface area contributed by atoms with Gasteiger partial charge < -0.3 is 10.2 Å². The van der Waals surface area contributed by atoms with E-state index in [1.165, 1.54) is 32.1 Å². The van der Waals surface area contributed by atoms with Crippen molar-refractivity contribution in [1.82, 2.24) is 0 Å². The van der Waals surface area contributed by atoms with Crippen LogP contribution < -0.4 is 0 Å². The highest BCUT2D eigenvalue weighted by Gasteiger charge is 2.55. The minimum Gasteiger partial charge on any atom is -0.396 e. The summed E-state index contributed by atoms with van der Waals surface area (Å²) in [5.74, 6) is 2.98. The molecule has 0 heterocycles. The van der Waals surface area contributed by atoms with Crippen molar-refractivity contribution in [3.63, 3.8) is 0 Å². The summed E-state index contributed by atoms with van der Waals surface area (Å²) in [4.78, 5) is 0. The molecule has 0 aromatic rings. The normalized spacial score (nSPS) is 56.0. The smallest absolute Gasteiger partial charge is 0.0543 e. The van der Waals surface area contributed by atoms with Crippen LogP contribution in [-0.2, 0) is 0 Å². The van der Waals surface area contributed by atoms with E-state index in [1.54, 1.807) is 0 Å². The monoisotopic (exact) mass is 280 g/mol. The van der Waals surface area contributed by atoms with Gasteiger partial charge in [-0.2, -0.15) is 0 Å².